The Balaban J connectivity index is 0.000000114. The molecule has 0 aromatic heterocycles. The van der Waals surface area contributed by atoms with E-state index in [1.165, 1.54) is 188 Å². The van der Waals surface area contributed by atoms with Gasteiger partial charge < -0.3 is 0 Å². The largest absolute Gasteiger partial charge is 0.0713 e. The molecular weight excluding hydrogens is 1500 g/mol. The summed E-state index contributed by atoms with van der Waals surface area (Å²) in [7, 11) is 0. The van der Waals surface area contributed by atoms with E-state index in [0.717, 1.165) is 0 Å². The predicted octanol–water partition coefficient (Wildman–Crippen LogP) is 34.2. The highest BCUT2D eigenvalue weighted by atomic mass is 14.5. The highest BCUT2D eigenvalue weighted by Crippen LogP contribution is 2.57. The Hall–Kier alpha value is -14.3. The Morgan fingerprint density at radius 3 is 0.968 bits per heavy atom. The van der Waals surface area contributed by atoms with Gasteiger partial charge in [-0.25, -0.2) is 0 Å². The van der Waals surface area contributed by atoms with E-state index < -0.39 is 0 Å². The van der Waals surface area contributed by atoms with Crippen LogP contribution in [0.1, 0.15) is 113 Å². The first-order valence-electron chi connectivity index (χ1n) is 43.9. The summed E-state index contributed by atoms with van der Waals surface area (Å²) in [6.07, 6.45) is 0. The van der Waals surface area contributed by atoms with Crippen molar-refractivity contribution in [1.29, 1.82) is 0 Å². The zero-order chi connectivity index (χ0) is 86.9. The lowest BCUT2D eigenvalue weighted by molar-refractivity contribution is 0.590. The van der Waals surface area contributed by atoms with Crippen molar-refractivity contribution in [3.63, 3.8) is 0 Å². The molecule has 0 atom stereocenters. The van der Waals surface area contributed by atoms with Crippen LogP contribution < -0.4 is 0 Å². The van der Waals surface area contributed by atoms with E-state index in [1.807, 2.05) is 6.07 Å². The third-order valence-electron chi connectivity index (χ3n) is 24.8. The molecule has 0 bridgehead atoms. The lowest BCUT2D eigenvalue weighted by atomic mass is 9.67. The van der Waals surface area contributed by atoms with Crippen molar-refractivity contribution in [1.82, 2.24) is 0 Å². The monoisotopic (exact) mass is 1610 g/mol. The molecule has 0 heteroatoms. The van der Waals surface area contributed by atoms with Crippen LogP contribution in [0.2, 0.25) is 0 Å². The molecule has 19 aromatic carbocycles. The quantitative estimate of drug-likeness (QED) is 0.142. The molecule has 21 rings (SSSR count). The molecular formula is C125H112. The van der Waals surface area contributed by atoms with E-state index in [1.54, 1.807) is 0 Å². The topological polar surface area (TPSA) is 0 Å². The molecule has 0 spiro atoms. The summed E-state index contributed by atoms with van der Waals surface area (Å²) in [4.78, 5) is 0. The number of rotatable bonds is 8. The molecule has 0 fully saturated rings. The summed E-state index contributed by atoms with van der Waals surface area (Å²) in [6.45, 7) is 26.6. The summed E-state index contributed by atoms with van der Waals surface area (Å²) >= 11 is 0. The average Bonchev–Trinajstić information content (AvgIpc) is 1.54. The van der Waals surface area contributed by atoms with Gasteiger partial charge in [-0.05, 0) is 261 Å². The summed E-state index contributed by atoms with van der Waals surface area (Å²) in [5.74, 6) is 0. The van der Waals surface area contributed by atoms with Gasteiger partial charge in [0.05, 0.1) is 5.41 Å². The van der Waals surface area contributed by atoms with Gasteiger partial charge in [0.15, 0.2) is 0 Å². The normalized spacial score (nSPS) is 12.0. The third kappa shape index (κ3) is 19.3. The van der Waals surface area contributed by atoms with Gasteiger partial charge in [0, 0.05) is 5.41 Å². The molecule has 0 saturated heterocycles. The molecule has 125 heavy (non-hydrogen) atoms. The maximum absolute atomic E-state index is 2.32. The van der Waals surface area contributed by atoms with Gasteiger partial charge in [0.1, 0.15) is 0 Å². The van der Waals surface area contributed by atoms with Crippen LogP contribution in [0.5, 0.6) is 0 Å². The maximum Gasteiger partial charge on any atom is 0.0713 e. The maximum atomic E-state index is 2.32. The van der Waals surface area contributed by atoms with E-state index in [2.05, 4.69) is 538 Å². The second-order valence-electron chi connectivity index (χ2n) is 34.5. The molecule has 2 aliphatic rings. The molecule has 0 aliphatic heterocycles. The van der Waals surface area contributed by atoms with Crippen LogP contribution in [-0.4, -0.2) is 0 Å². The number of hydrogen-bond donors (Lipinski definition) is 0. The van der Waals surface area contributed by atoms with Crippen molar-refractivity contribution in [2.45, 2.75) is 99.3 Å². The molecule has 19 aromatic rings. The summed E-state index contributed by atoms with van der Waals surface area (Å²) in [6, 6.07) is 164. The van der Waals surface area contributed by atoms with Crippen LogP contribution in [0.25, 0.3) is 111 Å². The van der Waals surface area contributed by atoms with Crippen molar-refractivity contribution >= 4 is 21.5 Å². The molecule has 0 amide bonds. The molecule has 0 radical (unpaired) electrons. The van der Waals surface area contributed by atoms with Crippen molar-refractivity contribution in [2.24, 2.45) is 0 Å². The fourth-order valence-corrected chi connectivity index (χ4v) is 18.1. The van der Waals surface area contributed by atoms with E-state index >= 15 is 0 Å². The first-order chi connectivity index (χ1) is 60.8. The summed E-state index contributed by atoms with van der Waals surface area (Å²) in [5, 5.41) is 5.21. The SMILES string of the molecule is Cc1cc2ccccc2cc1-c1ccccc1.Cc1ccc(-c2ccccc2)cc1-c1ccccc1.Cc1cccc2c1-c1ccccc1C2(C)C.Cc1cccc2c1-c1ccccc1C2(c1ccccc1)c1ccccc1.Cc1ccccc1-c1ccc(C(C)(C)C)cc1.Cc1ccccc1-c1ccc2ccccc2c1.Cc1ccccc1-c1ccccc1. The second kappa shape index (κ2) is 39.3. The molecule has 0 N–H and O–H groups in total. The van der Waals surface area contributed by atoms with Gasteiger partial charge in [0.25, 0.3) is 0 Å². The number of fused-ring (bicyclic) bond motifs is 8. The molecule has 0 nitrogen and oxygen atoms in total. The van der Waals surface area contributed by atoms with Gasteiger partial charge in [-0.3, -0.25) is 0 Å². The zero-order valence-electron chi connectivity index (χ0n) is 74.4. The van der Waals surface area contributed by atoms with Gasteiger partial charge in [-0.2, -0.15) is 0 Å². The lowest BCUT2D eigenvalue weighted by Gasteiger charge is -2.33. The zero-order valence-corrected chi connectivity index (χ0v) is 74.4. The van der Waals surface area contributed by atoms with E-state index in [4.69, 9.17) is 0 Å². The Bertz CT molecular complexity index is 6770. The van der Waals surface area contributed by atoms with Crippen molar-refractivity contribution in [3.8, 4) is 89.0 Å². The molecule has 612 valence electrons. The van der Waals surface area contributed by atoms with Gasteiger partial charge in [-0.1, -0.05) is 477 Å². The predicted molar refractivity (Wildman–Crippen MR) is 539 cm³/mol. The minimum atomic E-state index is -0.263. The van der Waals surface area contributed by atoms with Crippen LogP contribution in [0.4, 0.5) is 0 Å². The van der Waals surface area contributed by atoms with E-state index in [-0.39, 0.29) is 16.2 Å². The van der Waals surface area contributed by atoms with Crippen LogP contribution >= 0.6 is 0 Å². The minimum Gasteiger partial charge on any atom is -0.0622 e. The molecule has 0 unspecified atom stereocenters. The first kappa shape index (κ1) is 85.7. The fourth-order valence-electron chi connectivity index (χ4n) is 18.1. The van der Waals surface area contributed by atoms with Crippen LogP contribution in [0.3, 0.4) is 0 Å². The smallest absolute Gasteiger partial charge is 0.0622 e. The summed E-state index contributed by atoms with van der Waals surface area (Å²) in [5.41, 5.74) is 40.4. The molecule has 2 aliphatic carbocycles. The Morgan fingerprint density at radius 1 is 0.176 bits per heavy atom. The third-order valence-corrected chi connectivity index (χ3v) is 24.8. The standard InChI is InChI=1S/C26H20.C19H16.2C17H14.C17H20.C16H16.C13H12/c1-19-11-10-18-24-25(19)22-16-8-9-17-23(22)26(24,20-12-4-2-5-13-20)21-14-6-3-7-15-21;1-15-12-13-18(16-8-4-2-5-9-16)14-19(15)17-10-6-3-7-11-17;1-13-6-2-5-9-17(13)16-11-10-14-7-3-4-8-15(14)12-16;1-13-11-15-9-5-6-10-16(15)12-17(13)14-7-3-2-4-8-14;1-13-7-5-6-8-16(13)14-9-11-15(12-10-14)17(2,3)4;1-11-7-6-10-14-15(11)12-8-4-5-9-13(12)16(14,2)3;1-11-7-5-6-10-13(11)12-8-3-2-4-9-12/h2-18H,1H3;2-14H,1H3;2*2-12H,1H3;5-12H,1-4H3;4-10H,1-3H3;2-10H,1H3. The average molecular weight is 1610 g/mol. The summed E-state index contributed by atoms with van der Waals surface area (Å²) < 4.78 is 0. The highest BCUT2D eigenvalue weighted by molar-refractivity contribution is 5.92. The van der Waals surface area contributed by atoms with Crippen LogP contribution in [-0.2, 0) is 16.2 Å². The van der Waals surface area contributed by atoms with Gasteiger partial charge in [0.2, 0.25) is 0 Å². The number of hydrogen-bond acceptors (Lipinski definition) is 0. The lowest BCUT2D eigenvalue weighted by Crippen LogP contribution is -2.28. The highest BCUT2D eigenvalue weighted by Gasteiger charge is 2.46. The van der Waals surface area contributed by atoms with E-state index in [0.29, 0.717) is 0 Å². The number of aryl methyl sites for hydroxylation is 7. The van der Waals surface area contributed by atoms with Crippen LogP contribution in [0.15, 0.2) is 461 Å². The van der Waals surface area contributed by atoms with E-state index in [9.17, 15) is 0 Å². The van der Waals surface area contributed by atoms with Crippen molar-refractivity contribution in [2.75, 3.05) is 0 Å². The molecule has 0 heterocycles. The Labute approximate surface area is 743 Å². The fraction of sp³-hybridized carbons (Fsp3) is 0.120. The second-order valence-corrected chi connectivity index (χ2v) is 34.5. The Morgan fingerprint density at radius 2 is 0.488 bits per heavy atom. The van der Waals surface area contributed by atoms with Crippen LogP contribution in [0, 0.1) is 48.5 Å². The minimum absolute atomic E-state index is 0.151. The van der Waals surface area contributed by atoms with Crippen molar-refractivity contribution < 1.29 is 0 Å². The Kier molecular flexibility index (Phi) is 26.9. The molecule has 0 saturated carbocycles. The first-order valence-corrected chi connectivity index (χ1v) is 43.9. The van der Waals surface area contributed by atoms with Gasteiger partial charge >= 0.3 is 0 Å². The number of benzene rings is 19. The van der Waals surface area contributed by atoms with Crippen molar-refractivity contribution in [3.05, 3.63) is 539 Å². The van der Waals surface area contributed by atoms with Gasteiger partial charge in [-0.15, -0.1) is 0 Å².